The summed E-state index contributed by atoms with van der Waals surface area (Å²) < 4.78 is 2.39. The number of benzene rings is 8. The van der Waals surface area contributed by atoms with E-state index in [1.165, 1.54) is 54.1 Å². The largest absolute Gasteiger partial charge is 0.309 e. The monoisotopic (exact) mass is 624 g/mol. The number of rotatable bonds is 4. The maximum atomic E-state index is 5.01. The summed E-state index contributed by atoms with van der Waals surface area (Å²) in [6.45, 7) is 0. The van der Waals surface area contributed by atoms with Gasteiger partial charge in [-0.15, -0.1) is 0 Å². The molecule has 0 N–H and O–H groups in total. The molecule has 0 fully saturated rings. The van der Waals surface area contributed by atoms with Crippen molar-refractivity contribution in [2.45, 2.75) is 0 Å². The van der Waals surface area contributed by atoms with E-state index in [2.05, 4.69) is 114 Å². The van der Waals surface area contributed by atoms with Gasteiger partial charge in [-0.3, -0.25) is 0 Å². The number of fused-ring (bicyclic) bond motifs is 9. The molecular formula is C45H28N4. The van der Waals surface area contributed by atoms with Gasteiger partial charge in [-0.1, -0.05) is 140 Å². The van der Waals surface area contributed by atoms with E-state index in [0.717, 1.165) is 22.4 Å². The second kappa shape index (κ2) is 11.0. The molecular weight excluding hydrogens is 597 g/mol. The van der Waals surface area contributed by atoms with Crippen LogP contribution in [0, 0.1) is 0 Å². The van der Waals surface area contributed by atoms with Gasteiger partial charge in [-0.05, 0) is 62.6 Å². The first-order chi connectivity index (χ1) is 24.3. The Morgan fingerprint density at radius 1 is 0.286 bits per heavy atom. The molecule has 0 aliphatic carbocycles. The number of hydrogen-bond donors (Lipinski definition) is 0. The molecule has 0 spiro atoms. The second-order valence-corrected chi connectivity index (χ2v) is 12.4. The van der Waals surface area contributed by atoms with Gasteiger partial charge in [0.2, 0.25) is 0 Å². The van der Waals surface area contributed by atoms with Gasteiger partial charge in [0.25, 0.3) is 0 Å². The Balaban J connectivity index is 1.20. The van der Waals surface area contributed by atoms with E-state index in [4.69, 9.17) is 15.0 Å². The van der Waals surface area contributed by atoms with Crippen LogP contribution < -0.4 is 0 Å². The molecule has 49 heavy (non-hydrogen) atoms. The van der Waals surface area contributed by atoms with Crippen LogP contribution in [0.3, 0.4) is 0 Å². The van der Waals surface area contributed by atoms with Crippen LogP contribution in [0.5, 0.6) is 0 Å². The van der Waals surface area contributed by atoms with Crippen LogP contribution in [-0.2, 0) is 0 Å². The zero-order chi connectivity index (χ0) is 32.3. The summed E-state index contributed by atoms with van der Waals surface area (Å²) in [7, 11) is 0. The van der Waals surface area contributed by atoms with Crippen molar-refractivity contribution in [3.8, 4) is 39.9 Å². The Kier molecular flexibility index (Phi) is 6.15. The second-order valence-electron chi connectivity index (χ2n) is 12.4. The van der Waals surface area contributed by atoms with E-state index in [1.807, 2.05) is 60.7 Å². The first-order valence-corrected chi connectivity index (χ1v) is 16.5. The quantitative estimate of drug-likeness (QED) is 0.183. The zero-order valence-electron chi connectivity index (χ0n) is 26.5. The first-order valence-electron chi connectivity index (χ1n) is 16.5. The van der Waals surface area contributed by atoms with Gasteiger partial charge < -0.3 is 4.57 Å². The van der Waals surface area contributed by atoms with Crippen LogP contribution in [0.15, 0.2) is 170 Å². The molecule has 8 aromatic carbocycles. The standard InChI is InChI=1S/C45H28N4/c1-3-13-29(14-4-1)43-46-44(30-15-5-2-6-16-30)48-45(47-43)31-23-25-35-36-26-24-32(28-40(36)34-18-8-7-17-33(34)39(35)27-31)49-41-21-11-9-19-37(41)38-20-10-12-22-42(38)49/h1-28H. The molecule has 0 aliphatic rings. The molecule has 0 amide bonds. The highest BCUT2D eigenvalue weighted by atomic mass is 15.0. The highest BCUT2D eigenvalue weighted by Crippen LogP contribution is 2.39. The van der Waals surface area contributed by atoms with Crippen molar-refractivity contribution in [3.63, 3.8) is 0 Å². The number of hydrogen-bond acceptors (Lipinski definition) is 3. The van der Waals surface area contributed by atoms with Crippen molar-refractivity contribution < 1.29 is 0 Å². The van der Waals surface area contributed by atoms with E-state index in [-0.39, 0.29) is 0 Å². The Bertz CT molecular complexity index is 2740. The molecule has 0 saturated heterocycles. The first kappa shape index (κ1) is 27.5. The van der Waals surface area contributed by atoms with Crippen LogP contribution in [0.25, 0.3) is 94.0 Å². The summed E-state index contributed by atoms with van der Waals surface area (Å²) in [6.07, 6.45) is 0. The van der Waals surface area contributed by atoms with E-state index < -0.39 is 0 Å². The summed E-state index contributed by atoms with van der Waals surface area (Å²) in [5, 5.41) is 9.77. The third kappa shape index (κ3) is 4.42. The Labute approximate surface area is 282 Å². The van der Waals surface area contributed by atoms with Crippen LogP contribution in [0.4, 0.5) is 0 Å². The smallest absolute Gasteiger partial charge is 0.164 e. The fourth-order valence-electron chi connectivity index (χ4n) is 7.36. The van der Waals surface area contributed by atoms with Crippen LogP contribution in [-0.4, -0.2) is 19.5 Å². The molecule has 0 saturated carbocycles. The van der Waals surface area contributed by atoms with E-state index >= 15 is 0 Å². The molecule has 0 aliphatic heterocycles. The Morgan fingerprint density at radius 2 is 0.694 bits per heavy atom. The molecule has 0 bridgehead atoms. The van der Waals surface area contributed by atoms with Crippen LogP contribution in [0.1, 0.15) is 0 Å². The summed E-state index contributed by atoms with van der Waals surface area (Å²) in [6, 6.07) is 59.8. The maximum absolute atomic E-state index is 5.01. The summed E-state index contributed by atoms with van der Waals surface area (Å²) in [5.74, 6) is 1.97. The van der Waals surface area contributed by atoms with Crippen molar-refractivity contribution in [3.05, 3.63) is 170 Å². The number of nitrogens with zero attached hydrogens (tertiary/aromatic N) is 4. The van der Waals surface area contributed by atoms with Crippen LogP contribution >= 0.6 is 0 Å². The van der Waals surface area contributed by atoms with Crippen LogP contribution in [0.2, 0.25) is 0 Å². The fraction of sp³-hybridized carbons (Fsp3) is 0. The summed E-state index contributed by atoms with van der Waals surface area (Å²) in [4.78, 5) is 14.9. The van der Waals surface area contributed by atoms with E-state index in [0.29, 0.717) is 17.5 Å². The number of para-hydroxylation sites is 2. The minimum atomic E-state index is 0.653. The van der Waals surface area contributed by atoms with Gasteiger partial charge in [0, 0.05) is 33.2 Å². The molecule has 10 aromatic rings. The minimum Gasteiger partial charge on any atom is -0.309 e. The minimum absolute atomic E-state index is 0.653. The average Bonchev–Trinajstić information content (AvgIpc) is 3.52. The molecule has 0 unspecified atom stereocenters. The highest BCUT2D eigenvalue weighted by molar-refractivity contribution is 6.26. The lowest BCUT2D eigenvalue weighted by Crippen LogP contribution is -2.00. The zero-order valence-corrected chi connectivity index (χ0v) is 26.5. The predicted molar refractivity (Wildman–Crippen MR) is 203 cm³/mol. The SMILES string of the molecule is c1ccc(-c2nc(-c3ccccc3)nc(-c3ccc4c5ccc(-n6c7ccccc7c7ccccc76)cc5c5ccccc5c4c3)n2)cc1. The van der Waals surface area contributed by atoms with Crippen molar-refractivity contribution in [1.29, 1.82) is 0 Å². The average molecular weight is 625 g/mol. The molecule has 2 aromatic heterocycles. The summed E-state index contributed by atoms with van der Waals surface area (Å²) >= 11 is 0. The van der Waals surface area contributed by atoms with Gasteiger partial charge in [-0.25, -0.2) is 15.0 Å². The maximum Gasteiger partial charge on any atom is 0.164 e. The van der Waals surface area contributed by atoms with E-state index in [9.17, 15) is 0 Å². The molecule has 0 radical (unpaired) electrons. The lowest BCUT2D eigenvalue weighted by molar-refractivity contribution is 1.07. The third-order valence-corrected chi connectivity index (χ3v) is 9.62. The molecule has 4 heteroatoms. The van der Waals surface area contributed by atoms with Crippen molar-refractivity contribution >= 4 is 54.1 Å². The van der Waals surface area contributed by atoms with Gasteiger partial charge >= 0.3 is 0 Å². The molecule has 228 valence electrons. The predicted octanol–water partition coefficient (Wildman–Crippen LogP) is 11.4. The molecule has 10 rings (SSSR count). The van der Waals surface area contributed by atoms with Crippen molar-refractivity contribution in [1.82, 2.24) is 19.5 Å². The Morgan fingerprint density at radius 3 is 1.24 bits per heavy atom. The lowest BCUT2D eigenvalue weighted by Gasteiger charge is -2.15. The third-order valence-electron chi connectivity index (χ3n) is 9.62. The van der Waals surface area contributed by atoms with Gasteiger partial charge in [-0.2, -0.15) is 0 Å². The van der Waals surface area contributed by atoms with Crippen molar-refractivity contribution in [2.24, 2.45) is 0 Å². The number of aromatic nitrogens is 4. The Hall–Kier alpha value is -6.65. The molecule has 2 heterocycles. The molecule has 0 atom stereocenters. The van der Waals surface area contributed by atoms with Crippen molar-refractivity contribution in [2.75, 3.05) is 0 Å². The van der Waals surface area contributed by atoms with Gasteiger partial charge in [0.1, 0.15) is 0 Å². The lowest BCUT2D eigenvalue weighted by atomic mass is 9.93. The fourth-order valence-corrected chi connectivity index (χ4v) is 7.36. The normalized spacial score (nSPS) is 11.7. The molecule has 4 nitrogen and oxygen atoms in total. The topological polar surface area (TPSA) is 43.6 Å². The highest BCUT2D eigenvalue weighted by Gasteiger charge is 2.17. The van der Waals surface area contributed by atoms with E-state index in [1.54, 1.807) is 0 Å². The summed E-state index contributed by atoms with van der Waals surface area (Å²) in [5.41, 5.74) is 6.44. The van der Waals surface area contributed by atoms with Gasteiger partial charge in [0.05, 0.1) is 11.0 Å². The van der Waals surface area contributed by atoms with Gasteiger partial charge in [0.15, 0.2) is 17.5 Å².